The lowest BCUT2D eigenvalue weighted by molar-refractivity contribution is 0.940. The quantitative estimate of drug-likeness (QED) is 0.658. The zero-order valence-corrected chi connectivity index (χ0v) is 7.05. The fraction of sp³-hybridized carbons (Fsp3) is 0.143. The van der Waals surface area contributed by atoms with Crippen LogP contribution in [0.5, 0.6) is 0 Å². The Bertz CT molecular complexity index is 407. The van der Waals surface area contributed by atoms with Gasteiger partial charge in [-0.25, -0.2) is 9.97 Å². The van der Waals surface area contributed by atoms with Crippen molar-refractivity contribution in [1.29, 1.82) is 0 Å². The molecule has 6 heteroatoms. The molecule has 0 fully saturated rings. The van der Waals surface area contributed by atoms with E-state index >= 15 is 0 Å². The minimum atomic E-state index is 0.505. The topological polar surface area (TPSA) is 82.5 Å². The number of aromatic nitrogens is 5. The molecule has 0 saturated carbocycles. The maximum atomic E-state index is 5.68. The third-order valence-electron chi connectivity index (χ3n) is 1.58. The zero-order valence-electron chi connectivity index (χ0n) is 7.05. The van der Waals surface area contributed by atoms with Crippen LogP contribution < -0.4 is 5.73 Å². The molecule has 0 saturated heterocycles. The molecule has 0 radical (unpaired) electrons. The molecule has 0 amide bonds. The van der Waals surface area contributed by atoms with Crippen LogP contribution in [0.3, 0.4) is 0 Å². The summed E-state index contributed by atoms with van der Waals surface area (Å²) in [6.07, 6.45) is 4.65. The molecule has 2 rings (SSSR count). The highest BCUT2D eigenvalue weighted by Crippen LogP contribution is 2.11. The third kappa shape index (κ3) is 1.33. The maximum Gasteiger partial charge on any atom is 0.166 e. The molecule has 0 spiro atoms. The van der Waals surface area contributed by atoms with Crippen molar-refractivity contribution in [3.63, 3.8) is 0 Å². The van der Waals surface area contributed by atoms with Crippen molar-refractivity contribution in [3.8, 4) is 5.82 Å². The van der Waals surface area contributed by atoms with Crippen LogP contribution in [0.15, 0.2) is 18.9 Å². The summed E-state index contributed by atoms with van der Waals surface area (Å²) in [5, 5.41) is 7.33. The second-order valence-corrected chi connectivity index (χ2v) is 2.57. The minimum absolute atomic E-state index is 0.505. The van der Waals surface area contributed by atoms with Gasteiger partial charge in [0.05, 0.1) is 11.9 Å². The molecule has 0 aliphatic carbocycles. The number of hydrogen-bond donors (Lipinski definition) is 1. The Hall–Kier alpha value is -1.98. The van der Waals surface area contributed by atoms with E-state index in [-0.39, 0.29) is 0 Å². The Labute approximate surface area is 74.5 Å². The number of nitrogens with two attached hydrogens (primary N) is 1. The molecule has 0 unspecified atom stereocenters. The van der Waals surface area contributed by atoms with E-state index in [1.165, 1.54) is 12.7 Å². The van der Waals surface area contributed by atoms with Crippen molar-refractivity contribution in [2.75, 3.05) is 5.73 Å². The number of nitrogens with zero attached hydrogens (tertiary/aromatic N) is 5. The summed E-state index contributed by atoms with van der Waals surface area (Å²) >= 11 is 0. The van der Waals surface area contributed by atoms with Crippen molar-refractivity contribution in [1.82, 2.24) is 24.7 Å². The summed E-state index contributed by atoms with van der Waals surface area (Å²) in [5.41, 5.74) is 6.18. The smallest absolute Gasteiger partial charge is 0.166 e. The van der Waals surface area contributed by atoms with Gasteiger partial charge in [-0.15, -0.1) is 10.2 Å². The first kappa shape index (κ1) is 7.66. The predicted molar refractivity (Wildman–Crippen MR) is 46.1 cm³/mol. The number of aryl methyl sites for hydroxylation is 1. The van der Waals surface area contributed by atoms with Gasteiger partial charge in [0, 0.05) is 0 Å². The van der Waals surface area contributed by atoms with Crippen LogP contribution in [0, 0.1) is 6.92 Å². The Morgan fingerprint density at radius 2 is 2.00 bits per heavy atom. The van der Waals surface area contributed by atoms with E-state index in [1.54, 1.807) is 17.7 Å². The molecular weight excluding hydrogens is 168 g/mol. The van der Waals surface area contributed by atoms with E-state index < -0.39 is 0 Å². The van der Waals surface area contributed by atoms with E-state index in [1.807, 2.05) is 0 Å². The van der Waals surface area contributed by atoms with Crippen LogP contribution in [0.2, 0.25) is 0 Å². The molecule has 0 atom stereocenters. The predicted octanol–water partition coefficient (Wildman–Crippen LogP) is -0.0521. The number of anilines is 1. The first-order valence-corrected chi connectivity index (χ1v) is 3.71. The zero-order chi connectivity index (χ0) is 9.26. The average Bonchev–Trinajstić information content (AvgIpc) is 2.61. The first-order valence-electron chi connectivity index (χ1n) is 3.71. The summed E-state index contributed by atoms with van der Waals surface area (Å²) in [7, 11) is 0. The molecule has 66 valence electrons. The van der Waals surface area contributed by atoms with Crippen LogP contribution >= 0.6 is 0 Å². The molecule has 0 aromatic carbocycles. The van der Waals surface area contributed by atoms with E-state index in [0.717, 1.165) is 0 Å². The summed E-state index contributed by atoms with van der Waals surface area (Å²) in [6.45, 7) is 1.80. The van der Waals surface area contributed by atoms with Gasteiger partial charge in [0.2, 0.25) is 0 Å². The van der Waals surface area contributed by atoms with Crippen molar-refractivity contribution in [3.05, 3.63) is 24.7 Å². The summed E-state index contributed by atoms with van der Waals surface area (Å²) in [6, 6.07) is 0. The van der Waals surface area contributed by atoms with Gasteiger partial charge in [-0.3, -0.25) is 4.57 Å². The van der Waals surface area contributed by atoms with Gasteiger partial charge in [0.25, 0.3) is 0 Å². The van der Waals surface area contributed by atoms with E-state index in [9.17, 15) is 0 Å². The summed E-state index contributed by atoms with van der Waals surface area (Å²) in [4.78, 5) is 8.12. The second-order valence-electron chi connectivity index (χ2n) is 2.57. The Balaban J connectivity index is 2.57. The molecule has 13 heavy (non-hydrogen) atoms. The van der Waals surface area contributed by atoms with Crippen LogP contribution in [-0.4, -0.2) is 24.7 Å². The molecule has 0 bridgehead atoms. The molecule has 2 aromatic rings. The van der Waals surface area contributed by atoms with Crippen LogP contribution in [0.4, 0.5) is 5.69 Å². The second kappa shape index (κ2) is 2.81. The molecular formula is C7H8N6. The van der Waals surface area contributed by atoms with E-state index in [2.05, 4.69) is 20.2 Å². The summed E-state index contributed by atoms with van der Waals surface area (Å²) in [5.74, 6) is 1.27. The molecule has 6 nitrogen and oxygen atoms in total. The highest BCUT2D eigenvalue weighted by atomic mass is 15.3. The third-order valence-corrected chi connectivity index (χ3v) is 1.58. The molecule has 0 aliphatic heterocycles. The van der Waals surface area contributed by atoms with Gasteiger partial charge in [-0.05, 0) is 6.92 Å². The lowest BCUT2D eigenvalue weighted by atomic mass is 10.4. The number of hydrogen-bond acceptors (Lipinski definition) is 5. The average molecular weight is 176 g/mol. The van der Waals surface area contributed by atoms with Crippen LogP contribution in [0.1, 0.15) is 5.82 Å². The van der Waals surface area contributed by atoms with Gasteiger partial charge in [0.15, 0.2) is 5.82 Å². The fourth-order valence-corrected chi connectivity index (χ4v) is 0.984. The van der Waals surface area contributed by atoms with Gasteiger partial charge in [0.1, 0.15) is 18.5 Å². The highest BCUT2D eigenvalue weighted by molar-refractivity contribution is 5.50. The maximum absolute atomic E-state index is 5.68. The van der Waals surface area contributed by atoms with Gasteiger partial charge in [-0.2, -0.15) is 0 Å². The lowest BCUT2D eigenvalue weighted by Crippen LogP contribution is -2.03. The monoisotopic (exact) mass is 176 g/mol. The fourth-order valence-electron chi connectivity index (χ4n) is 0.984. The Morgan fingerprint density at radius 3 is 2.69 bits per heavy atom. The molecule has 0 aliphatic rings. The molecule has 2 heterocycles. The van der Waals surface area contributed by atoms with Gasteiger partial charge < -0.3 is 5.73 Å². The SMILES string of the molecule is Cc1ncc(N)c(-n2cnnc2)n1. The van der Waals surface area contributed by atoms with Crippen molar-refractivity contribution in [2.45, 2.75) is 6.92 Å². The standard InChI is InChI=1S/C7H8N6/c1-5-9-2-6(8)7(12-5)13-3-10-11-4-13/h2-4H,8H2,1H3. The minimum Gasteiger partial charge on any atom is -0.394 e. The van der Waals surface area contributed by atoms with Gasteiger partial charge in [-0.1, -0.05) is 0 Å². The number of rotatable bonds is 1. The molecule has 2 N–H and O–H groups in total. The summed E-state index contributed by atoms with van der Waals surface area (Å²) < 4.78 is 1.64. The van der Waals surface area contributed by atoms with Gasteiger partial charge >= 0.3 is 0 Å². The lowest BCUT2D eigenvalue weighted by Gasteiger charge is -2.03. The van der Waals surface area contributed by atoms with E-state index in [0.29, 0.717) is 17.3 Å². The number of nitrogen functional groups attached to an aromatic ring is 1. The van der Waals surface area contributed by atoms with E-state index in [4.69, 9.17) is 5.73 Å². The normalized spacial score (nSPS) is 10.2. The first-order chi connectivity index (χ1) is 6.27. The van der Waals surface area contributed by atoms with Crippen molar-refractivity contribution < 1.29 is 0 Å². The van der Waals surface area contributed by atoms with Crippen LogP contribution in [0.25, 0.3) is 5.82 Å². The largest absolute Gasteiger partial charge is 0.394 e. The van der Waals surface area contributed by atoms with Crippen molar-refractivity contribution >= 4 is 5.69 Å². The molecule has 2 aromatic heterocycles. The van der Waals surface area contributed by atoms with Crippen molar-refractivity contribution in [2.24, 2.45) is 0 Å². The highest BCUT2D eigenvalue weighted by Gasteiger charge is 2.03. The Morgan fingerprint density at radius 1 is 1.31 bits per heavy atom. The Kier molecular flexibility index (Phi) is 1.66. The van der Waals surface area contributed by atoms with Crippen LogP contribution in [-0.2, 0) is 0 Å².